The lowest BCUT2D eigenvalue weighted by Gasteiger charge is -2.08. The monoisotopic (exact) mass is 174 g/mol. The van der Waals surface area contributed by atoms with Crippen LogP contribution in [0.5, 0.6) is 0 Å². The van der Waals surface area contributed by atoms with E-state index in [9.17, 15) is 0 Å². The van der Waals surface area contributed by atoms with Gasteiger partial charge in [0.05, 0.1) is 5.69 Å². The maximum Gasteiger partial charge on any atom is 0.0716 e. The lowest BCUT2D eigenvalue weighted by molar-refractivity contribution is 0.851. The Labute approximate surface area is 78.5 Å². The van der Waals surface area contributed by atoms with Crippen LogP contribution >= 0.6 is 0 Å². The predicted molar refractivity (Wildman–Crippen MR) is 55.2 cm³/mol. The molecular formula is C11H14N2. The summed E-state index contributed by atoms with van der Waals surface area (Å²) in [4.78, 5) is 4.37. The van der Waals surface area contributed by atoms with E-state index in [-0.39, 0.29) is 0 Å². The number of aromatic nitrogens is 1. The highest BCUT2D eigenvalue weighted by Gasteiger charge is 2.19. The fourth-order valence-electron chi connectivity index (χ4n) is 1.79. The minimum atomic E-state index is 0.538. The van der Waals surface area contributed by atoms with Crippen LogP contribution in [0.15, 0.2) is 18.3 Å². The van der Waals surface area contributed by atoms with E-state index in [1.165, 1.54) is 11.1 Å². The largest absolute Gasteiger partial charge is 0.398 e. The lowest BCUT2D eigenvalue weighted by atomic mass is 10.0. The quantitative estimate of drug-likeness (QED) is 0.709. The molecule has 1 aromatic heterocycles. The SMILES string of the molecule is CC(C)C1=CCc2c(N)ccnc21. The van der Waals surface area contributed by atoms with Gasteiger partial charge in [0.2, 0.25) is 0 Å². The van der Waals surface area contributed by atoms with Crippen LogP contribution in [-0.2, 0) is 6.42 Å². The Morgan fingerprint density at radius 2 is 2.23 bits per heavy atom. The number of nitrogens with zero attached hydrogens (tertiary/aromatic N) is 1. The zero-order valence-corrected chi connectivity index (χ0v) is 8.04. The van der Waals surface area contributed by atoms with Gasteiger partial charge in [-0.2, -0.15) is 0 Å². The fourth-order valence-corrected chi connectivity index (χ4v) is 1.79. The maximum absolute atomic E-state index is 5.86. The smallest absolute Gasteiger partial charge is 0.0716 e. The van der Waals surface area contributed by atoms with Gasteiger partial charge < -0.3 is 5.73 Å². The average Bonchev–Trinajstić information content (AvgIpc) is 2.48. The molecule has 0 amide bonds. The highest BCUT2D eigenvalue weighted by molar-refractivity contribution is 5.75. The van der Waals surface area contributed by atoms with E-state index >= 15 is 0 Å². The summed E-state index contributed by atoms with van der Waals surface area (Å²) < 4.78 is 0. The topological polar surface area (TPSA) is 38.9 Å². The number of nitrogen functional groups attached to an aromatic ring is 1. The predicted octanol–water partition coefficient (Wildman–Crippen LogP) is 2.26. The summed E-state index contributed by atoms with van der Waals surface area (Å²) >= 11 is 0. The van der Waals surface area contributed by atoms with Crippen molar-refractivity contribution >= 4 is 11.3 Å². The summed E-state index contributed by atoms with van der Waals surface area (Å²) in [5.41, 5.74) is 10.4. The van der Waals surface area contributed by atoms with Crippen LogP contribution in [0.1, 0.15) is 25.1 Å². The van der Waals surface area contributed by atoms with Gasteiger partial charge in [-0.15, -0.1) is 0 Å². The van der Waals surface area contributed by atoms with E-state index in [1.54, 1.807) is 6.20 Å². The molecule has 0 unspecified atom stereocenters. The molecule has 0 spiro atoms. The summed E-state index contributed by atoms with van der Waals surface area (Å²) in [5, 5.41) is 0. The van der Waals surface area contributed by atoms with Gasteiger partial charge in [-0.05, 0) is 24.0 Å². The van der Waals surface area contributed by atoms with Gasteiger partial charge in [0.25, 0.3) is 0 Å². The van der Waals surface area contributed by atoms with Crippen molar-refractivity contribution in [2.75, 3.05) is 5.73 Å². The normalized spacial score (nSPS) is 14.5. The molecular weight excluding hydrogens is 160 g/mol. The van der Waals surface area contributed by atoms with Gasteiger partial charge in [-0.25, -0.2) is 0 Å². The summed E-state index contributed by atoms with van der Waals surface area (Å²) in [7, 11) is 0. The van der Waals surface area contributed by atoms with Gasteiger partial charge in [0.15, 0.2) is 0 Å². The van der Waals surface area contributed by atoms with Gasteiger partial charge >= 0.3 is 0 Å². The number of hydrogen-bond donors (Lipinski definition) is 1. The van der Waals surface area contributed by atoms with Crippen LogP contribution in [-0.4, -0.2) is 4.98 Å². The average molecular weight is 174 g/mol. The molecule has 0 fully saturated rings. The van der Waals surface area contributed by atoms with Crippen molar-refractivity contribution in [1.29, 1.82) is 0 Å². The molecule has 2 nitrogen and oxygen atoms in total. The molecule has 2 N–H and O–H groups in total. The Kier molecular flexibility index (Phi) is 1.83. The van der Waals surface area contributed by atoms with Crippen molar-refractivity contribution in [1.82, 2.24) is 4.98 Å². The van der Waals surface area contributed by atoms with Crippen LogP contribution in [0.2, 0.25) is 0 Å². The van der Waals surface area contributed by atoms with Crippen LogP contribution in [0.3, 0.4) is 0 Å². The highest BCUT2D eigenvalue weighted by atomic mass is 14.7. The standard InChI is InChI=1S/C11H14N2/c1-7(2)8-3-4-9-10(12)5-6-13-11(8)9/h3,5-7H,4H2,1-2H3,(H2,12,13). The van der Waals surface area contributed by atoms with E-state index in [2.05, 4.69) is 24.9 Å². The molecule has 0 atom stereocenters. The molecule has 1 aromatic rings. The van der Waals surface area contributed by atoms with Crippen molar-refractivity contribution in [3.8, 4) is 0 Å². The van der Waals surface area contributed by atoms with Crippen molar-refractivity contribution in [2.24, 2.45) is 5.92 Å². The first-order valence-corrected chi connectivity index (χ1v) is 4.64. The molecule has 0 radical (unpaired) electrons. The first kappa shape index (κ1) is 8.30. The molecule has 2 heteroatoms. The zero-order chi connectivity index (χ0) is 9.42. The highest BCUT2D eigenvalue weighted by Crippen LogP contribution is 2.33. The minimum Gasteiger partial charge on any atom is -0.398 e. The molecule has 0 bridgehead atoms. The van der Waals surface area contributed by atoms with Crippen LogP contribution < -0.4 is 5.73 Å². The first-order chi connectivity index (χ1) is 6.20. The molecule has 2 rings (SSSR count). The van der Waals surface area contributed by atoms with Crippen LogP contribution in [0.4, 0.5) is 5.69 Å². The van der Waals surface area contributed by atoms with E-state index in [1.807, 2.05) is 6.07 Å². The summed E-state index contributed by atoms with van der Waals surface area (Å²) in [6, 6.07) is 1.87. The summed E-state index contributed by atoms with van der Waals surface area (Å²) in [6.45, 7) is 4.37. The fraction of sp³-hybridized carbons (Fsp3) is 0.364. The number of rotatable bonds is 1. The summed E-state index contributed by atoms with van der Waals surface area (Å²) in [5.74, 6) is 0.538. The zero-order valence-electron chi connectivity index (χ0n) is 8.04. The minimum absolute atomic E-state index is 0.538. The Bertz CT molecular complexity index is 364. The molecule has 1 heterocycles. The lowest BCUT2D eigenvalue weighted by Crippen LogP contribution is -1.98. The first-order valence-electron chi connectivity index (χ1n) is 4.64. The Morgan fingerprint density at radius 3 is 2.92 bits per heavy atom. The molecule has 0 saturated heterocycles. The second kappa shape index (κ2) is 2.87. The molecule has 1 aliphatic rings. The van der Waals surface area contributed by atoms with E-state index in [4.69, 9.17) is 5.73 Å². The van der Waals surface area contributed by atoms with Gasteiger partial charge in [-0.3, -0.25) is 4.98 Å². The third-order valence-corrected chi connectivity index (χ3v) is 2.51. The second-order valence-electron chi connectivity index (χ2n) is 3.75. The van der Waals surface area contributed by atoms with Crippen molar-refractivity contribution in [2.45, 2.75) is 20.3 Å². The van der Waals surface area contributed by atoms with Crippen molar-refractivity contribution < 1.29 is 0 Å². The number of allylic oxidation sites excluding steroid dienone is 2. The number of fused-ring (bicyclic) bond motifs is 1. The molecule has 68 valence electrons. The van der Waals surface area contributed by atoms with Gasteiger partial charge in [0.1, 0.15) is 0 Å². The van der Waals surface area contributed by atoms with E-state index in [0.29, 0.717) is 5.92 Å². The van der Waals surface area contributed by atoms with Gasteiger partial charge in [-0.1, -0.05) is 19.9 Å². The third-order valence-electron chi connectivity index (χ3n) is 2.51. The maximum atomic E-state index is 5.86. The third kappa shape index (κ3) is 1.22. The molecule has 0 aromatic carbocycles. The van der Waals surface area contributed by atoms with Crippen LogP contribution in [0, 0.1) is 5.92 Å². The van der Waals surface area contributed by atoms with Gasteiger partial charge in [0, 0.05) is 17.4 Å². The Hall–Kier alpha value is -1.31. The molecule has 0 aliphatic heterocycles. The van der Waals surface area contributed by atoms with E-state index in [0.717, 1.165) is 17.8 Å². The Morgan fingerprint density at radius 1 is 1.46 bits per heavy atom. The van der Waals surface area contributed by atoms with Crippen molar-refractivity contribution in [3.05, 3.63) is 29.6 Å². The number of pyridine rings is 1. The number of hydrogen-bond acceptors (Lipinski definition) is 2. The van der Waals surface area contributed by atoms with Crippen LogP contribution in [0.25, 0.3) is 5.57 Å². The molecule has 1 aliphatic carbocycles. The molecule has 0 saturated carbocycles. The van der Waals surface area contributed by atoms with E-state index < -0.39 is 0 Å². The number of nitrogens with two attached hydrogens (primary N) is 1. The summed E-state index contributed by atoms with van der Waals surface area (Å²) in [6.07, 6.45) is 4.97. The second-order valence-corrected chi connectivity index (χ2v) is 3.75. The van der Waals surface area contributed by atoms with Crippen molar-refractivity contribution in [3.63, 3.8) is 0 Å². The molecule has 13 heavy (non-hydrogen) atoms. The number of anilines is 1. The Balaban J connectivity index is 2.50.